The molecule has 1 aromatic carbocycles. The molecule has 0 aliphatic rings. The number of hydrogen-bond donors (Lipinski definition) is 2. The lowest BCUT2D eigenvalue weighted by atomic mass is 10.1. The van der Waals surface area contributed by atoms with Crippen LogP contribution in [0.2, 0.25) is 0 Å². The number of nitrogens with two attached hydrogens (primary N) is 1. The normalized spacial score (nSPS) is 13.4. The molecular weight excluding hydrogens is 361 g/mol. The van der Waals surface area contributed by atoms with Crippen LogP contribution in [0.3, 0.4) is 0 Å². The van der Waals surface area contributed by atoms with E-state index < -0.39 is 35.9 Å². The van der Waals surface area contributed by atoms with Crippen molar-refractivity contribution >= 4 is 19.9 Å². The lowest BCUT2D eigenvalue weighted by Gasteiger charge is -2.25. The fraction of sp³-hybridized carbons (Fsp3) is 0.500. The quantitative estimate of drug-likeness (QED) is 0.219. The third-order valence-electron chi connectivity index (χ3n) is 2.88. The van der Waals surface area contributed by atoms with E-state index in [9.17, 15) is 25.1 Å². The van der Waals surface area contributed by atoms with E-state index >= 15 is 0 Å². The fourth-order valence-corrected chi connectivity index (χ4v) is 2.28. The van der Waals surface area contributed by atoms with Gasteiger partial charge in [-0.15, -0.1) is 0 Å². The van der Waals surface area contributed by atoms with Crippen molar-refractivity contribution in [2.24, 2.45) is 5.50 Å². The highest BCUT2D eigenvalue weighted by Gasteiger charge is 2.26. The van der Waals surface area contributed by atoms with Crippen LogP contribution in [0.5, 0.6) is 0 Å². The van der Waals surface area contributed by atoms with Crippen LogP contribution in [-0.4, -0.2) is 48.0 Å². The van der Waals surface area contributed by atoms with Crippen LogP contribution in [0.15, 0.2) is 18.2 Å². The van der Waals surface area contributed by atoms with E-state index in [1.165, 1.54) is 0 Å². The van der Waals surface area contributed by atoms with Crippen LogP contribution in [0, 0.1) is 20.2 Å². The van der Waals surface area contributed by atoms with E-state index in [1.54, 1.807) is 0 Å². The second kappa shape index (κ2) is 10.9. The molecular formula is C12H17N3O9P-. The summed E-state index contributed by atoms with van der Waals surface area (Å²) in [6, 6.07) is 2.97. The zero-order valence-corrected chi connectivity index (χ0v) is 13.9. The van der Waals surface area contributed by atoms with Crippen molar-refractivity contribution < 1.29 is 33.8 Å². The van der Waals surface area contributed by atoms with Gasteiger partial charge in [0, 0.05) is 14.6 Å². The highest BCUT2D eigenvalue weighted by molar-refractivity contribution is 7.41. The molecule has 0 radical (unpaired) electrons. The third kappa shape index (κ3) is 7.32. The SMILES string of the molecule is NP([O-])OC(COCCOCCO)c1ccc([N+](=O)[O-])cc1[N+](=O)[O-]. The Morgan fingerprint density at radius 2 is 1.84 bits per heavy atom. The van der Waals surface area contributed by atoms with Crippen molar-refractivity contribution in [2.45, 2.75) is 6.10 Å². The summed E-state index contributed by atoms with van der Waals surface area (Å²) >= 11 is 0. The first-order valence-corrected chi connectivity index (χ1v) is 8.19. The monoisotopic (exact) mass is 378 g/mol. The predicted octanol–water partition coefficient (Wildman–Crippen LogP) is 0.132. The average Bonchev–Trinajstić information content (AvgIpc) is 2.55. The maximum Gasteiger partial charge on any atom is 0.282 e. The molecule has 12 nitrogen and oxygen atoms in total. The van der Waals surface area contributed by atoms with Gasteiger partial charge in [0.2, 0.25) is 0 Å². The molecule has 0 saturated heterocycles. The summed E-state index contributed by atoms with van der Waals surface area (Å²) in [6.45, 7) is -0.00799. The predicted molar refractivity (Wildman–Crippen MR) is 83.4 cm³/mol. The van der Waals surface area contributed by atoms with Gasteiger partial charge in [0.05, 0.1) is 54.5 Å². The molecule has 0 bridgehead atoms. The van der Waals surface area contributed by atoms with E-state index in [2.05, 4.69) is 0 Å². The van der Waals surface area contributed by atoms with Crippen molar-refractivity contribution in [1.29, 1.82) is 0 Å². The van der Waals surface area contributed by atoms with Gasteiger partial charge in [-0.25, -0.2) is 0 Å². The minimum atomic E-state index is -2.60. The number of rotatable bonds is 12. The van der Waals surface area contributed by atoms with Gasteiger partial charge in [-0.2, -0.15) is 0 Å². The van der Waals surface area contributed by atoms with Crippen molar-refractivity contribution in [3.63, 3.8) is 0 Å². The maximum absolute atomic E-state index is 11.2. The van der Waals surface area contributed by atoms with Gasteiger partial charge in [-0.05, 0) is 6.07 Å². The number of aliphatic hydroxyl groups excluding tert-OH is 1. The lowest BCUT2D eigenvalue weighted by molar-refractivity contribution is -0.394. The zero-order chi connectivity index (χ0) is 18.8. The van der Waals surface area contributed by atoms with Crippen LogP contribution in [0.4, 0.5) is 11.4 Å². The summed E-state index contributed by atoms with van der Waals surface area (Å²) in [5, 5.41) is 30.5. The van der Waals surface area contributed by atoms with E-state index in [-0.39, 0.29) is 38.6 Å². The number of nitro benzene ring substituents is 2. The number of nitrogens with zero attached hydrogens (tertiary/aromatic N) is 2. The number of ether oxygens (including phenoxy) is 2. The van der Waals surface area contributed by atoms with E-state index in [0.717, 1.165) is 18.2 Å². The summed E-state index contributed by atoms with van der Waals surface area (Å²) in [5.74, 6) is 0. The Bertz CT molecular complexity index is 587. The van der Waals surface area contributed by atoms with Crippen molar-refractivity contribution in [3.8, 4) is 0 Å². The molecule has 0 spiro atoms. The highest BCUT2D eigenvalue weighted by atomic mass is 31.2. The molecule has 0 fully saturated rings. The molecule has 0 aliphatic heterocycles. The number of benzene rings is 1. The Labute approximate surface area is 143 Å². The molecule has 13 heteroatoms. The van der Waals surface area contributed by atoms with Gasteiger partial charge in [0.1, 0.15) is 6.10 Å². The number of aliphatic hydroxyl groups is 1. The van der Waals surface area contributed by atoms with Gasteiger partial charge >= 0.3 is 0 Å². The minimum absolute atomic E-state index is 0.0549. The molecule has 25 heavy (non-hydrogen) atoms. The first kappa shape index (κ1) is 21.3. The Kier molecular flexibility index (Phi) is 9.31. The second-order valence-electron chi connectivity index (χ2n) is 4.55. The van der Waals surface area contributed by atoms with Crippen LogP contribution < -0.4 is 10.4 Å². The van der Waals surface area contributed by atoms with E-state index in [1.807, 2.05) is 0 Å². The highest BCUT2D eigenvalue weighted by Crippen LogP contribution is 2.36. The summed E-state index contributed by atoms with van der Waals surface area (Å²) in [5.41, 5.74) is 4.01. The molecule has 1 aromatic rings. The number of non-ortho nitro benzene ring substituents is 1. The van der Waals surface area contributed by atoms with Crippen LogP contribution in [0.25, 0.3) is 0 Å². The molecule has 140 valence electrons. The molecule has 2 unspecified atom stereocenters. The van der Waals surface area contributed by atoms with Gasteiger partial charge in [-0.3, -0.25) is 25.7 Å². The summed E-state index contributed by atoms with van der Waals surface area (Å²) in [4.78, 5) is 31.5. The van der Waals surface area contributed by atoms with Crippen LogP contribution >= 0.6 is 8.53 Å². The van der Waals surface area contributed by atoms with E-state index in [4.69, 9.17) is 24.6 Å². The molecule has 0 heterocycles. The summed E-state index contributed by atoms with van der Waals surface area (Å²) in [7, 11) is -2.60. The summed E-state index contributed by atoms with van der Waals surface area (Å²) < 4.78 is 15.2. The Morgan fingerprint density at radius 1 is 1.16 bits per heavy atom. The van der Waals surface area contributed by atoms with Crippen LogP contribution in [-0.2, 0) is 14.0 Å². The number of hydrogen-bond acceptors (Lipinski definition) is 10. The average molecular weight is 378 g/mol. The smallest absolute Gasteiger partial charge is 0.282 e. The van der Waals surface area contributed by atoms with Gasteiger partial charge in [0.15, 0.2) is 0 Å². The van der Waals surface area contributed by atoms with E-state index in [0.29, 0.717) is 0 Å². The largest absolute Gasteiger partial charge is 0.796 e. The first-order chi connectivity index (χ1) is 11.9. The number of nitro groups is 2. The van der Waals surface area contributed by atoms with Gasteiger partial charge in [-0.1, -0.05) is 0 Å². The fourth-order valence-electron chi connectivity index (χ4n) is 1.85. The van der Waals surface area contributed by atoms with Crippen LogP contribution in [0.1, 0.15) is 11.7 Å². The molecule has 0 aliphatic carbocycles. The molecule has 3 N–H and O–H groups in total. The maximum atomic E-state index is 11.2. The molecule has 0 aromatic heterocycles. The minimum Gasteiger partial charge on any atom is -0.796 e. The summed E-state index contributed by atoms with van der Waals surface area (Å²) in [6.07, 6.45) is -1.16. The standard InChI is InChI=1S/C12H17N3O9P/c13-25(21)24-12(8-23-6-5-22-4-3-16)10-2-1-9(14(17)18)7-11(10)15(19)20/h1-2,7,12,16H,3-6,8,13H2/q-1. The topological polar surface area (TPSA) is 183 Å². The molecule has 2 atom stereocenters. The Hall–Kier alpha value is -1.79. The van der Waals surface area contributed by atoms with Gasteiger partial charge < -0.3 is 24.0 Å². The first-order valence-electron chi connectivity index (χ1n) is 6.94. The molecule has 1 rings (SSSR count). The molecule has 0 amide bonds. The van der Waals surface area contributed by atoms with Gasteiger partial charge in [0.25, 0.3) is 11.4 Å². The zero-order valence-electron chi connectivity index (χ0n) is 13.0. The Morgan fingerprint density at radius 3 is 2.40 bits per heavy atom. The van der Waals surface area contributed by atoms with Crippen molar-refractivity contribution in [1.82, 2.24) is 0 Å². The van der Waals surface area contributed by atoms with Crippen molar-refractivity contribution in [2.75, 3.05) is 33.0 Å². The molecule has 0 saturated carbocycles. The van der Waals surface area contributed by atoms with Crippen molar-refractivity contribution in [3.05, 3.63) is 44.0 Å². The Balaban J connectivity index is 2.90. The lowest BCUT2D eigenvalue weighted by Crippen LogP contribution is -2.18. The third-order valence-corrected chi connectivity index (χ3v) is 3.34. The second-order valence-corrected chi connectivity index (χ2v) is 5.33.